The largest absolute Gasteiger partial charge is 0.452 e. The number of carbonyl (C=O) groups is 2. The van der Waals surface area contributed by atoms with Gasteiger partial charge in [-0.1, -0.05) is 0 Å². The number of halogens is 5. The number of hydrogen-bond acceptors (Lipinski definition) is 6. The second-order valence-corrected chi connectivity index (χ2v) is 5.10. The maximum Gasteiger partial charge on any atom is 0.338 e. The number of nitro groups is 1. The third kappa shape index (κ3) is 3.97. The van der Waals surface area contributed by atoms with Gasteiger partial charge in [-0.25, -0.2) is 26.7 Å². The molecule has 1 amide bonds. The van der Waals surface area contributed by atoms with E-state index in [0.29, 0.717) is 0 Å². The van der Waals surface area contributed by atoms with Crippen LogP contribution in [0.25, 0.3) is 0 Å². The molecule has 3 N–H and O–H groups in total. The van der Waals surface area contributed by atoms with Crippen LogP contribution >= 0.6 is 0 Å². The number of benzene rings is 2. The van der Waals surface area contributed by atoms with Crippen LogP contribution < -0.4 is 11.1 Å². The molecule has 0 fully saturated rings. The van der Waals surface area contributed by atoms with Crippen LogP contribution in [0.5, 0.6) is 0 Å². The van der Waals surface area contributed by atoms with E-state index < -0.39 is 63.9 Å². The molecule has 0 spiro atoms. The van der Waals surface area contributed by atoms with Crippen LogP contribution in [0, 0.1) is 39.2 Å². The monoisotopic (exact) mass is 405 g/mol. The highest BCUT2D eigenvalue weighted by molar-refractivity contribution is 5.96. The van der Waals surface area contributed by atoms with Crippen molar-refractivity contribution in [3.63, 3.8) is 0 Å². The number of nitrogen functional groups attached to an aromatic ring is 1. The van der Waals surface area contributed by atoms with Crippen LogP contribution in [0.2, 0.25) is 0 Å². The maximum atomic E-state index is 13.5. The summed E-state index contributed by atoms with van der Waals surface area (Å²) in [5, 5.41) is 12.2. The number of nitrogens with two attached hydrogens (primary N) is 1. The standard InChI is InChI=1S/C15H8F5N3O5/c16-9-10(17)12(19)14(13(20)11(9)18)22-8(24)4-28-15(25)5-1-2-6(21)7(3-5)23(26)27/h1-3H,4,21H2,(H,22,24). The third-order valence-corrected chi connectivity index (χ3v) is 3.27. The van der Waals surface area contributed by atoms with Crippen LogP contribution in [-0.2, 0) is 9.53 Å². The van der Waals surface area contributed by atoms with Crippen molar-refractivity contribution >= 4 is 28.9 Å². The Hall–Kier alpha value is -3.77. The van der Waals surface area contributed by atoms with E-state index in [9.17, 15) is 41.7 Å². The highest BCUT2D eigenvalue weighted by Gasteiger charge is 2.27. The SMILES string of the molecule is Nc1ccc(C(=O)OCC(=O)Nc2c(F)c(F)c(F)c(F)c2F)cc1[N+](=O)[O-]. The predicted octanol–water partition coefficient (Wildman–Crippen LogP) is 2.67. The van der Waals surface area contributed by atoms with E-state index in [4.69, 9.17) is 5.73 Å². The lowest BCUT2D eigenvalue weighted by atomic mass is 10.2. The van der Waals surface area contributed by atoms with Crippen molar-refractivity contribution < 1.29 is 41.2 Å². The first-order valence-electron chi connectivity index (χ1n) is 7.06. The third-order valence-electron chi connectivity index (χ3n) is 3.27. The fourth-order valence-corrected chi connectivity index (χ4v) is 1.93. The zero-order valence-corrected chi connectivity index (χ0v) is 13.4. The van der Waals surface area contributed by atoms with Crippen molar-refractivity contribution in [1.29, 1.82) is 0 Å². The zero-order valence-electron chi connectivity index (χ0n) is 13.4. The van der Waals surface area contributed by atoms with Gasteiger partial charge in [0.1, 0.15) is 11.4 Å². The Kier molecular flexibility index (Phi) is 5.76. The average Bonchev–Trinajstić information content (AvgIpc) is 2.66. The summed E-state index contributed by atoms with van der Waals surface area (Å²) < 4.78 is 70.5. The van der Waals surface area contributed by atoms with Crippen molar-refractivity contribution in [3.05, 3.63) is 63.0 Å². The van der Waals surface area contributed by atoms with E-state index in [1.807, 2.05) is 0 Å². The summed E-state index contributed by atoms with van der Waals surface area (Å²) in [7, 11) is 0. The van der Waals surface area contributed by atoms with Gasteiger partial charge in [0.25, 0.3) is 11.6 Å². The van der Waals surface area contributed by atoms with Gasteiger partial charge in [-0.3, -0.25) is 14.9 Å². The number of hydrogen-bond donors (Lipinski definition) is 2. The Morgan fingerprint density at radius 3 is 2.11 bits per heavy atom. The molecule has 0 unspecified atom stereocenters. The van der Waals surface area contributed by atoms with E-state index in [-0.39, 0.29) is 11.3 Å². The highest BCUT2D eigenvalue weighted by Crippen LogP contribution is 2.27. The summed E-state index contributed by atoms with van der Waals surface area (Å²) in [6.07, 6.45) is 0. The molecule has 2 aromatic rings. The maximum absolute atomic E-state index is 13.5. The number of nitrogens with one attached hydrogen (secondary N) is 1. The second kappa shape index (κ2) is 7.85. The summed E-state index contributed by atoms with van der Waals surface area (Å²) in [6, 6.07) is 2.84. The molecule has 0 saturated carbocycles. The van der Waals surface area contributed by atoms with Gasteiger partial charge in [-0.2, -0.15) is 0 Å². The Labute approximate surface area is 151 Å². The molecule has 0 heterocycles. The highest BCUT2D eigenvalue weighted by atomic mass is 19.2. The Morgan fingerprint density at radius 2 is 1.57 bits per heavy atom. The number of esters is 1. The van der Waals surface area contributed by atoms with Crippen LogP contribution in [-0.4, -0.2) is 23.4 Å². The van der Waals surface area contributed by atoms with Gasteiger partial charge < -0.3 is 15.8 Å². The van der Waals surface area contributed by atoms with Crippen molar-refractivity contribution in [3.8, 4) is 0 Å². The number of anilines is 2. The van der Waals surface area contributed by atoms with E-state index in [2.05, 4.69) is 4.74 Å². The minimum Gasteiger partial charge on any atom is -0.452 e. The summed E-state index contributed by atoms with van der Waals surface area (Å²) in [5.74, 6) is -14.2. The lowest BCUT2D eigenvalue weighted by molar-refractivity contribution is -0.383. The fraction of sp³-hybridized carbons (Fsp3) is 0.0667. The van der Waals surface area contributed by atoms with Gasteiger partial charge >= 0.3 is 5.97 Å². The van der Waals surface area contributed by atoms with Gasteiger partial charge in [-0.15, -0.1) is 0 Å². The molecule has 0 aliphatic heterocycles. The molecule has 0 aromatic heterocycles. The second-order valence-electron chi connectivity index (χ2n) is 5.10. The number of amides is 1. The van der Waals surface area contributed by atoms with Crippen molar-refractivity contribution in [1.82, 2.24) is 0 Å². The van der Waals surface area contributed by atoms with E-state index in [0.717, 1.165) is 18.2 Å². The fourth-order valence-electron chi connectivity index (χ4n) is 1.93. The molecule has 0 saturated heterocycles. The van der Waals surface area contributed by atoms with Gasteiger partial charge in [0.15, 0.2) is 29.9 Å². The van der Waals surface area contributed by atoms with Crippen LogP contribution in [0.1, 0.15) is 10.4 Å². The Balaban J connectivity index is 2.11. The molecule has 0 radical (unpaired) electrons. The summed E-state index contributed by atoms with van der Waals surface area (Å²) in [6.45, 7) is -1.18. The van der Waals surface area contributed by atoms with Crippen LogP contribution in [0.4, 0.5) is 39.0 Å². The van der Waals surface area contributed by atoms with E-state index in [1.165, 1.54) is 5.32 Å². The van der Waals surface area contributed by atoms with Crippen molar-refractivity contribution in [2.24, 2.45) is 0 Å². The topological polar surface area (TPSA) is 125 Å². The van der Waals surface area contributed by atoms with Crippen LogP contribution in [0.3, 0.4) is 0 Å². The molecule has 0 aliphatic rings. The molecular formula is C15H8F5N3O5. The van der Waals surface area contributed by atoms with Gasteiger partial charge in [0.05, 0.1) is 10.5 Å². The summed E-state index contributed by atoms with van der Waals surface area (Å²) in [5.41, 5.74) is 2.49. The first kappa shape index (κ1) is 20.5. The minimum atomic E-state index is -2.41. The Morgan fingerprint density at radius 1 is 1.04 bits per heavy atom. The molecule has 0 bridgehead atoms. The summed E-state index contributed by atoms with van der Waals surface area (Å²) >= 11 is 0. The number of nitro benzene ring substituents is 1. The first-order valence-corrected chi connectivity index (χ1v) is 7.06. The van der Waals surface area contributed by atoms with Crippen molar-refractivity contribution in [2.45, 2.75) is 0 Å². The smallest absolute Gasteiger partial charge is 0.338 e. The van der Waals surface area contributed by atoms with Gasteiger partial charge in [0, 0.05) is 6.07 Å². The molecule has 28 heavy (non-hydrogen) atoms. The lowest BCUT2D eigenvalue weighted by Gasteiger charge is -2.10. The minimum absolute atomic E-state index is 0.245. The molecular weight excluding hydrogens is 397 g/mol. The zero-order chi connectivity index (χ0) is 21.2. The summed E-state index contributed by atoms with van der Waals surface area (Å²) in [4.78, 5) is 33.3. The number of nitrogens with zero attached hydrogens (tertiary/aromatic N) is 1. The van der Waals surface area contributed by atoms with E-state index in [1.54, 1.807) is 0 Å². The molecule has 148 valence electrons. The van der Waals surface area contributed by atoms with Crippen molar-refractivity contribution in [2.75, 3.05) is 17.7 Å². The Bertz CT molecular complexity index is 970. The molecule has 13 heteroatoms. The molecule has 0 aliphatic carbocycles. The molecule has 2 aromatic carbocycles. The number of rotatable bonds is 5. The van der Waals surface area contributed by atoms with Crippen LogP contribution in [0.15, 0.2) is 18.2 Å². The van der Waals surface area contributed by atoms with Gasteiger partial charge in [0.2, 0.25) is 5.82 Å². The molecule has 8 nitrogen and oxygen atoms in total. The molecule has 0 atom stereocenters. The molecule has 2 rings (SSSR count). The number of carbonyl (C=O) groups excluding carboxylic acids is 2. The average molecular weight is 405 g/mol. The quantitative estimate of drug-likeness (QED) is 0.150. The lowest BCUT2D eigenvalue weighted by Crippen LogP contribution is -2.23. The number of ether oxygens (including phenoxy) is 1. The normalized spacial score (nSPS) is 10.5. The van der Waals surface area contributed by atoms with E-state index >= 15 is 0 Å². The van der Waals surface area contributed by atoms with Gasteiger partial charge in [-0.05, 0) is 12.1 Å². The first-order chi connectivity index (χ1) is 13.0. The predicted molar refractivity (Wildman–Crippen MR) is 82.7 cm³/mol.